The van der Waals surface area contributed by atoms with Crippen LogP contribution in [0, 0.1) is 6.92 Å². The van der Waals surface area contributed by atoms with E-state index in [9.17, 15) is 4.79 Å². The van der Waals surface area contributed by atoms with Crippen molar-refractivity contribution >= 4 is 17.4 Å². The molecule has 0 fully saturated rings. The Morgan fingerprint density at radius 2 is 1.78 bits per heavy atom. The fraction of sp³-hybridized carbons (Fsp3) is 0.450. The second-order valence-electron chi connectivity index (χ2n) is 6.46. The van der Waals surface area contributed by atoms with Crippen molar-refractivity contribution in [3.63, 3.8) is 0 Å². The van der Waals surface area contributed by atoms with Crippen LogP contribution in [0.5, 0.6) is 11.5 Å². The van der Waals surface area contributed by atoms with Gasteiger partial charge in [-0.2, -0.15) is 0 Å². The number of nitrogens with zero attached hydrogens (tertiary/aromatic N) is 3. The molecule has 7 heteroatoms. The van der Waals surface area contributed by atoms with Crippen molar-refractivity contribution in [1.29, 1.82) is 0 Å². The van der Waals surface area contributed by atoms with Crippen LogP contribution < -0.4 is 14.8 Å². The number of amides is 1. The number of hydrogen-bond acceptors (Lipinski definition) is 6. The minimum atomic E-state index is -0.0607. The number of carbonyl (C=O) groups is 1. The lowest BCUT2D eigenvalue weighted by atomic mass is 10.2. The van der Waals surface area contributed by atoms with Crippen LogP contribution in [0.2, 0.25) is 0 Å². The highest BCUT2D eigenvalue weighted by Gasteiger charge is 2.18. The molecule has 144 valence electrons. The Labute approximate surface area is 159 Å². The zero-order valence-electron chi connectivity index (χ0n) is 16.1. The van der Waals surface area contributed by atoms with Gasteiger partial charge in [0.1, 0.15) is 30.5 Å². The highest BCUT2D eigenvalue weighted by Crippen LogP contribution is 2.33. The molecule has 0 spiro atoms. The largest absolute Gasteiger partial charge is 0.486 e. The van der Waals surface area contributed by atoms with Crippen molar-refractivity contribution in [2.45, 2.75) is 33.6 Å². The number of carbonyl (C=O) groups excluding carboxylic acids is 1. The van der Waals surface area contributed by atoms with Crippen molar-refractivity contribution in [1.82, 2.24) is 14.9 Å². The van der Waals surface area contributed by atoms with Gasteiger partial charge in [0.15, 0.2) is 11.5 Å². The highest BCUT2D eigenvalue weighted by atomic mass is 16.6. The third kappa shape index (κ3) is 4.67. The van der Waals surface area contributed by atoms with Gasteiger partial charge in [-0.05, 0) is 31.9 Å². The third-order valence-electron chi connectivity index (χ3n) is 4.15. The highest BCUT2D eigenvalue weighted by molar-refractivity contribution is 5.93. The van der Waals surface area contributed by atoms with Gasteiger partial charge in [-0.1, -0.05) is 13.8 Å². The molecule has 1 amide bonds. The molecule has 1 N–H and O–H groups in total. The lowest BCUT2D eigenvalue weighted by Gasteiger charge is -2.21. The molecule has 0 atom stereocenters. The van der Waals surface area contributed by atoms with Gasteiger partial charge < -0.3 is 19.7 Å². The quantitative estimate of drug-likeness (QED) is 0.803. The van der Waals surface area contributed by atoms with Gasteiger partial charge in [-0.25, -0.2) is 9.97 Å². The molecule has 2 heterocycles. The van der Waals surface area contributed by atoms with E-state index >= 15 is 0 Å². The molecule has 1 aliphatic rings. The van der Waals surface area contributed by atoms with Gasteiger partial charge in [0.2, 0.25) is 0 Å². The van der Waals surface area contributed by atoms with E-state index in [0.29, 0.717) is 36.3 Å². The molecule has 1 aliphatic heterocycles. The molecular formula is C20H26N4O3. The smallest absolute Gasteiger partial charge is 0.272 e. The zero-order valence-corrected chi connectivity index (χ0v) is 16.1. The number of fused-ring (bicyclic) bond motifs is 1. The molecule has 1 aromatic carbocycles. The summed E-state index contributed by atoms with van der Waals surface area (Å²) in [6.45, 7) is 8.46. The summed E-state index contributed by atoms with van der Waals surface area (Å²) in [5, 5.41) is 3.24. The van der Waals surface area contributed by atoms with Crippen LogP contribution in [0.4, 0.5) is 11.5 Å². The van der Waals surface area contributed by atoms with Gasteiger partial charge in [-0.3, -0.25) is 4.79 Å². The third-order valence-corrected chi connectivity index (χ3v) is 4.15. The summed E-state index contributed by atoms with van der Waals surface area (Å²) < 4.78 is 11.2. The summed E-state index contributed by atoms with van der Waals surface area (Å²) in [4.78, 5) is 23.4. The van der Waals surface area contributed by atoms with Crippen LogP contribution >= 0.6 is 0 Å². The zero-order chi connectivity index (χ0) is 19.2. The predicted octanol–water partition coefficient (Wildman–Crippen LogP) is 3.56. The first-order valence-electron chi connectivity index (χ1n) is 9.42. The van der Waals surface area contributed by atoms with Crippen LogP contribution in [0.25, 0.3) is 0 Å². The van der Waals surface area contributed by atoms with Crippen molar-refractivity contribution in [3.05, 3.63) is 35.8 Å². The van der Waals surface area contributed by atoms with Crippen molar-refractivity contribution in [3.8, 4) is 11.5 Å². The van der Waals surface area contributed by atoms with Gasteiger partial charge in [0.05, 0.1) is 0 Å². The normalized spacial score (nSPS) is 12.6. The Morgan fingerprint density at radius 1 is 1.07 bits per heavy atom. The van der Waals surface area contributed by atoms with Crippen LogP contribution in [-0.4, -0.2) is 47.1 Å². The van der Waals surface area contributed by atoms with E-state index in [1.165, 1.54) is 0 Å². The lowest BCUT2D eigenvalue weighted by Crippen LogP contribution is -2.33. The standard InChI is InChI=1S/C20H26N4O3/c1-4-8-24(9-5-2)20(25)16-13-19(22-14(3)21-16)23-15-6-7-17-18(12-15)27-11-10-26-17/h6-7,12-13H,4-5,8-11H2,1-3H3,(H,21,22,23). The fourth-order valence-corrected chi connectivity index (χ4v) is 3.03. The molecule has 0 saturated carbocycles. The first-order valence-corrected chi connectivity index (χ1v) is 9.42. The maximum absolute atomic E-state index is 12.8. The van der Waals surface area contributed by atoms with Crippen LogP contribution in [-0.2, 0) is 0 Å². The maximum Gasteiger partial charge on any atom is 0.272 e. The molecule has 3 rings (SSSR count). The van der Waals surface area contributed by atoms with Gasteiger partial charge >= 0.3 is 0 Å². The summed E-state index contributed by atoms with van der Waals surface area (Å²) in [6, 6.07) is 7.33. The minimum absolute atomic E-state index is 0.0607. The topological polar surface area (TPSA) is 76.6 Å². The Kier molecular flexibility index (Phi) is 6.11. The van der Waals surface area contributed by atoms with E-state index in [1.54, 1.807) is 13.0 Å². The Bertz CT molecular complexity index is 804. The number of benzene rings is 1. The number of anilines is 2. The van der Waals surface area contributed by atoms with Gasteiger partial charge in [0.25, 0.3) is 5.91 Å². The summed E-state index contributed by atoms with van der Waals surface area (Å²) in [7, 11) is 0. The Morgan fingerprint density at radius 3 is 2.48 bits per heavy atom. The van der Waals surface area contributed by atoms with E-state index in [4.69, 9.17) is 9.47 Å². The number of nitrogens with one attached hydrogen (secondary N) is 1. The molecule has 7 nitrogen and oxygen atoms in total. The first-order chi connectivity index (χ1) is 13.1. The van der Waals surface area contributed by atoms with Crippen molar-refractivity contribution in [2.75, 3.05) is 31.6 Å². The first kappa shape index (κ1) is 18.9. The van der Waals surface area contributed by atoms with Crippen molar-refractivity contribution in [2.24, 2.45) is 0 Å². The number of hydrogen-bond donors (Lipinski definition) is 1. The Hall–Kier alpha value is -2.83. The molecule has 27 heavy (non-hydrogen) atoms. The maximum atomic E-state index is 12.8. The number of aromatic nitrogens is 2. The Balaban J connectivity index is 1.81. The molecular weight excluding hydrogens is 344 g/mol. The average molecular weight is 370 g/mol. The SMILES string of the molecule is CCCN(CCC)C(=O)c1cc(Nc2ccc3c(c2)OCCO3)nc(C)n1. The molecule has 1 aromatic heterocycles. The van der Waals surface area contributed by atoms with E-state index in [0.717, 1.165) is 37.4 Å². The van der Waals surface area contributed by atoms with E-state index < -0.39 is 0 Å². The minimum Gasteiger partial charge on any atom is -0.486 e. The molecule has 0 radical (unpaired) electrons. The van der Waals surface area contributed by atoms with Crippen LogP contribution in [0.1, 0.15) is 43.0 Å². The van der Waals surface area contributed by atoms with E-state index in [-0.39, 0.29) is 5.91 Å². The van der Waals surface area contributed by atoms with Crippen molar-refractivity contribution < 1.29 is 14.3 Å². The average Bonchev–Trinajstić information content (AvgIpc) is 2.66. The van der Waals surface area contributed by atoms with Crippen LogP contribution in [0.15, 0.2) is 24.3 Å². The predicted molar refractivity (Wildman–Crippen MR) is 104 cm³/mol. The molecule has 0 aliphatic carbocycles. The lowest BCUT2D eigenvalue weighted by molar-refractivity contribution is 0.0749. The summed E-state index contributed by atoms with van der Waals surface area (Å²) in [6.07, 6.45) is 1.83. The number of rotatable bonds is 7. The fourth-order valence-electron chi connectivity index (χ4n) is 3.03. The molecule has 0 unspecified atom stereocenters. The monoisotopic (exact) mass is 370 g/mol. The molecule has 0 saturated heterocycles. The van der Waals surface area contributed by atoms with Gasteiger partial charge in [0, 0.05) is 30.9 Å². The number of ether oxygens (including phenoxy) is 2. The number of aryl methyl sites for hydroxylation is 1. The van der Waals surface area contributed by atoms with E-state index in [1.807, 2.05) is 23.1 Å². The summed E-state index contributed by atoms with van der Waals surface area (Å²) in [5.41, 5.74) is 1.22. The second-order valence-corrected chi connectivity index (χ2v) is 6.46. The molecule has 0 bridgehead atoms. The van der Waals surface area contributed by atoms with E-state index in [2.05, 4.69) is 29.1 Å². The summed E-state index contributed by atoms with van der Waals surface area (Å²) >= 11 is 0. The molecule has 2 aromatic rings. The summed E-state index contributed by atoms with van der Waals surface area (Å²) in [5.74, 6) is 2.50. The van der Waals surface area contributed by atoms with Crippen LogP contribution in [0.3, 0.4) is 0 Å². The van der Waals surface area contributed by atoms with Gasteiger partial charge in [-0.15, -0.1) is 0 Å². The second kappa shape index (κ2) is 8.70.